The van der Waals surface area contributed by atoms with Crippen molar-refractivity contribution in [3.8, 4) is 11.3 Å². The maximum Gasteiger partial charge on any atom is 0.276 e. The molecule has 0 aliphatic carbocycles. The average Bonchev–Trinajstić information content (AvgIpc) is 3.10. The van der Waals surface area contributed by atoms with Gasteiger partial charge in [-0.15, -0.1) is 0 Å². The summed E-state index contributed by atoms with van der Waals surface area (Å²) >= 11 is 3.41. The van der Waals surface area contributed by atoms with Crippen molar-refractivity contribution < 1.29 is 9.50 Å². The minimum atomic E-state index is -0.833. The Hall–Kier alpha value is -2.77. The maximum atomic E-state index is 13.1. The smallest absolute Gasteiger partial charge is 0.276 e. The van der Waals surface area contributed by atoms with Gasteiger partial charge >= 0.3 is 0 Å². The van der Waals surface area contributed by atoms with E-state index in [1.54, 1.807) is 30.6 Å². The van der Waals surface area contributed by atoms with Crippen molar-refractivity contribution in [3.05, 3.63) is 93.2 Å². The van der Waals surface area contributed by atoms with E-state index < -0.39 is 6.10 Å². The predicted molar refractivity (Wildman–Crippen MR) is 104 cm³/mol. The zero-order valence-corrected chi connectivity index (χ0v) is 15.7. The highest BCUT2D eigenvalue weighted by molar-refractivity contribution is 9.10. The summed E-state index contributed by atoms with van der Waals surface area (Å²) in [6.45, 7) is 0.120. The molecule has 27 heavy (non-hydrogen) atoms. The fourth-order valence-corrected chi connectivity index (χ4v) is 3.51. The molecule has 0 saturated carbocycles. The van der Waals surface area contributed by atoms with Gasteiger partial charge in [0.1, 0.15) is 11.3 Å². The van der Waals surface area contributed by atoms with Gasteiger partial charge in [-0.1, -0.05) is 34.1 Å². The molecule has 4 aromatic rings. The first-order chi connectivity index (χ1) is 13.0. The summed E-state index contributed by atoms with van der Waals surface area (Å²) < 4.78 is 16.8. The molecule has 0 radical (unpaired) electrons. The number of aromatic nitrogens is 3. The van der Waals surface area contributed by atoms with E-state index >= 15 is 0 Å². The molecule has 0 aliphatic rings. The molecule has 0 fully saturated rings. The second-order valence-electron chi connectivity index (χ2n) is 6.16. The number of aliphatic hydroxyl groups excluding tert-OH is 1. The first-order valence-corrected chi connectivity index (χ1v) is 9.09. The highest BCUT2D eigenvalue weighted by Crippen LogP contribution is 2.24. The zero-order valence-electron chi connectivity index (χ0n) is 14.1. The fourth-order valence-electron chi connectivity index (χ4n) is 2.96. The minimum Gasteiger partial charge on any atom is -0.386 e. The Morgan fingerprint density at radius 1 is 1.11 bits per heavy atom. The number of halogens is 2. The van der Waals surface area contributed by atoms with Crippen molar-refractivity contribution >= 4 is 21.4 Å². The van der Waals surface area contributed by atoms with Gasteiger partial charge in [-0.25, -0.2) is 8.91 Å². The summed E-state index contributed by atoms with van der Waals surface area (Å²) in [6, 6.07) is 15.0. The molecular formula is C20H15BrFN3O2. The van der Waals surface area contributed by atoms with Crippen molar-refractivity contribution in [2.24, 2.45) is 0 Å². The predicted octanol–water partition coefficient (Wildman–Crippen LogP) is 3.80. The minimum absolute atomic E-state index is 0.120. The normalized spacial score (nSPS) is 12.4. The summed E-state index contributed by atoms with van der Waals surface area (Å²) in [5.74, 6) is -0.328. The quantitative estimate of drug-likeness (QED) is 0.538. The Morgan fingerprint density at radius 3 is 2.59 bits per heavy atom. The summed E-state index contributed by atoms with van der Waals surface area (Å²) in [7, 11) is 0. The summed E-state index contributed by atoms with van der Waals surface area (Å²) in [4.78, 5) is 12.8. The SMILES string of the molecule is O=c1c2cc(-c3ccc(F)cc3)nn2ccn1CC(O)c1ccccc1Br. The van der Waals surface area contributed by atoms with Crippen LogP contribution in [0.1, 0.15) is 11.7 Å². The number of fused-ring (bicyclic) bond motifs is 1. The fraction of sp³-hybridized carbons (Fsp3) is 0.100. The molecule has 0 saturated heterocycles. The number of benzene rings is 2. The molecule has 1 N–H and O–H groups in total. The summed E-state index contributed by atoms with van der Waals surface area (Å²) in [6.07, 6.45) is 2.42. The van der Waals surface area contributed by atoms with Gasteiger partial charge in [-0.3, -0.25) is 4.79 Å². The van der Waals surface area contributed by atoms with Crippen molar-refractivity contribution in [2.75, 3.05) is 0 Å². The van der Waals surface area contributed by atoms with E-state index in [-0.39, 0.29) is 17.9 Å². The van der Waals surface area contributed by atoms with Gasteiger partial charge in [-0.05, 0) is 42.0 Å². The molecule has 4 rings (SSSR count). The Morgan fingerprint density at radius 2 is 1.85 bits per heavy atom. The van der Waals surface area contributed by atoms with Gasteiger partial charge in [0, 0.05) is 22.4 Å². The van der Waals surface area contributed by atoms with Crippen LogP contribution in [0.5, 0.6) is 0 Å². The van der Waals surface area contributed by atoms with Crippen LogP contribution in [-0.4, -0.2) is 19.3 Å². The average molecular weight is 428 g/mol. The zero-order chi connectivity index (χ0) is 19.0. The van der Waals surface area contributed by atoms with Crippen molar-refractivity contribution in [1.82, 2.24) is 14.2 Å². The largest absolute Gasteiger partial charge is 0.386 e. The number of hydrogen-bond donors (Lipinski definition) is 1. The van der Waals surface area contributed by atoms with Gasteiger partial charge < -0.3 is 9.67 Å². The standard InChI is InChI=1S/C20H15BrFN3O2/c21-16-4-2-1-3-15(16)19(26)12-24-9-10-25-18(20(24)27)11-17(23-25)13-5-7-14(22)8-6-13/h1-11,19,26H,12H2. The van der Waals surface area contributed by atoms with Gasteiger partial charge in [0.05, 0.1) is 18.3 Å². The summed E-state index contributed by atoms with van der Waals surface area (Å²) in [5.41, 5.74) is 2.14. The lowest BCUT2D eigenvalue weighted by Gasteiger charge is -2.14. The molecule has 2 aromatic carbocycles. The Kier molecular flexibility index (Phi) is 4.63. The van der Waals surface area contributed by atoms with Crippen LogP contribution in [-0.2, 0) is 6.54 Å². The number of rotatable bonds is 4. The van der Waals surface area contributed by atoms with Gasteiger partial charge in [0.15, 0.2) is 0 Å². The van der Waals surface area contributed by atoms with E-state index in [1.165, 1.54) is 21.2 Å². The van der Waals surface area contributed by atoms with Crippen LogP contribution >= 0.6 is 15.9 Å². The maximum absolute atomic E-state index is 13.1. The lowest BCUT2D eigenvalue weighted by Crippen LogP contribution is -2.24. The van der Waals surface area contributed by atoms with Gasteiger partial charge in [-0.2, -0.15) is 5.10 Å². The summed E-state index contributed by atoms with van der Waals surface area (Å²) in [5, 5.41) is 14.9. The third kappa shape index (κ3) is 3.43. The molecule has 0 amide bonds. The van der Waals surface area contributed by atoms with Crippen molar-refractivity contribution in [1.29, 1.82) is 0 Å². The van der Waals surface area contributed by atoms with E-state index in [0.717, 1.165) is 10.0 Å². The Balaban J connectivity index is 1.69. The molecule has 0 aliphatic heterocycles. The molecule has 7 heteroatoms. The number of hydrogen-bond acceptors (Lipinski definition) is 3. The van der Waals surface area contributed by atoms with Gasteiger partial charge in [0.25, 0.3) is 5.56 Å². The van der Waals surface area contributed by atoms with Crippen molar-refractivity contribution in [2.45, 2.75) is 12.6 Å². The van der Waals surface area contributed by atoms with Crippen molar-refractivity contribution in [3.63, 3.8) is 0 Å². The topological polar surface area (TPSA) is 59.5 Å². The second-order valence-corrected chi connectivity index (χ2v) is 7.01. The highest BCUT2D eigenvalue weighted by Gasteiger charge is 2.14. The van der Waals surface area contributed by atoms with E-state index in [1.807, 2.05) is 24.3 Å². The monoisotopic (exact) mass is 427 g/mol. The molecule has 1 unspecified atom stereocenters. The third-order valence-electron chi connectivity index (χ3n) is 4.38. The highest BCUT2D eigenvalue weighted by atomic mass is 79.9. The van der Waals surface area contributed by atoms with E-state index in [4.69, 9.17) is 0 Å². The molecule has 5 nitrogen and oxygen atoms in total. The first kappa shape index (κ1) is 17.6. The molecule has 2 aromatic heterocycles. The van der Waals surface area contributed by atoms with Crippen LogP contribution in [0.4, 0.5) is 4.39 Å². The van der Waals surface area contributed by atoms with Crippen LogP contribution in [0.3, 0.4) is 0 Å². The van der Waals surface area contributed by atoms with E-state index in [9.17, 15) is 14.3 Å². The number of aliphatic hydroxyl groups is 1. The van der Waals surface area contributed by atoms with Crippen LogP contribution in [0, 0.1) is 5.82 Å². The molecule has 136 valence electrons. The van der Waals surface area contributed by atoms with Crippen LogP contribution in [0.2, 0.25) is 0 Å². The Bertz CT molecular complexity index is 1170. The first-order valence-electron chi connectivity index (χ1n) is 8.30. The third-order valence-corrected chi connectivity index (χ3v) is 5.10. The van der Waals surface area contributed by atoms with E-state index in [2.05, 4.69) is 21.0 Å². The van der Waals surface area contributed by atoms with Crippen LogP contribution in [0.15, 0.2) is 76.3 Å². The molecule has 1 atom stereocenters. The lowest BCUT2D eigenvalue weighted by molar-refractivity contribution is 0.154. The Labute approximate surface area is 162 Å². The van der Waals surface area contributed by atoms with E-state index in [0.29, 0.717) is 16.8 Å². The molecular weight excluding hydrogens is 413 g/mol. The molecule has 0 spiro atoms. The second kappa shape index (κ2) is 7.09. The lowest BCUT2D eigenvalue weighted by atomic mass is 10.1. The number of nitrogens with zero attached hydrogens (tertiary/aromatic N) is 3. The molecule has 2 heterocycles. The van der Waals surface area contributed by atoms with Crippen LogP contribution in [0.25, 0.3) is 16.8 Å². The molecule has 0 bridgehead atoms. The van der Waals surface area contributed by atoms with Crippen LogP contribution < -0.4 is 5.56 Å². The van der Waals surface area contributed by atoms with Gasteiger partial charge in [0.2, 0.25) is 0 Å².